The van der Waals surface area contributed by atoms with Crippen molar-refractivity contribution in [1.82, 2.24) is 25.1 Å². The second-order valence-corrected chi connectivity index (χ2v) is 6.27. The van der Waals surface area contributed by atoms with E-state index in [1.165, 1.54) is 12.5 Å². The van der Waals surface area contributed by atoms with Crippen molar-refractivity contribution >= 4 is 17.5 Å². The first kappa shape index (κ1) is 17.9. The molecule has 0 aliphatic rings. The molecule has 1 aromatic carbocycles. The largest absolute Gasteiger partial charge is 0.474 e. The van der Waals surface area contributed by atoms with Crippen LogP contribution in [-0.2, 0) is 6.54 Å². The van der Waals surface area contributed by atoms with E-state index >= 15 is 0 Å². The third-order valence-corrected chi connectivity index (χ3v) is 3.76. The van der Waals surface area contributed by atoms with Crippen molar-refractivity contribution in [3.05, 3.63) is 65.3 Å². The Balaban J connectivity index is 1.61. The number of rotatable bonds is 6. The van der Waals surface area contributed by atoms with Crippen LogP contribution in [0.4, 0.5) is 0 Å². The zero-order valence-corrected chi connectivity index (χ0v) is 15.1. The van der Waals surface area contributed by atoms with Gasteiger partial charge in [-0.2, -0.15) is 5.10 Å². The van der Waals surface area contributed by atoms with Crippen LogP contribution in [0.25, 0.3) is 5.69 Å². The molecule has 1 amide bonds. The van der Waals surface area contributed by atoms with Crippen molar-refractivity contribution in [2.45, 2.75) is 26.5 Å². The van der Waals surface area contributed by atoms with Gasteiger partial charge in [-0.05, 0) is 37.6 Å². The second kappa shape index (κ2) is 7.97. The number of carbonyl (C=O) groups excluding carboxylic acids is 1. The molecule has 3 aromatic rings. The molecule has 0 saturated heterocycles. The van der Waals surface area contributed by atoms with Crippen molar-refractivity contribution < 1.29 is 9.53 Å². The number of nitrogens with zero attached hydrogens (tertiary/aromatic N) is 4. The minimum absolute atomic E-state index is 0.0415. The van der Waals surface area contributed by atoms with Crippen molar-refractivity contribution in [2.75, 3.05) is 0 Å². The fourth-order valence-electron chi connectivity index (χ4n) is 2.25. The van der Waals surface area contributed by atoms with Crippen LogP contribution in [0.5, 0.6) is 5.88 Å². The maximum Gasteiger partial charge on any atom is 0.253 e. The lowest BCUT2D eigenvalue weighted by molar-refractivity contribution is 0.0950. The Hall–Kier alpha value is -2.93. The van der Waals surface area contributed by atoms with Gasteiger partial charge in [-0.25, -0.2) is 14.6 Å². The normalized spacial score (nSPS) is 10.8. The molecular formula is C18H18ClN5O2. The number of nitrogens with one attached hydrogen (secondary N) is 1. The number of aromatic nitrogens is 4. The predicted molar refractivity (Wildman–Crippen MR) is 97.5 cm³/mol. The second-order valence-electron chi connectivity index (χ2n) is 5.87. The topological polar surface area (TPSA) is 81.9 Å². The number of hydrogen-bond acceptors (Lipinski definition) is 5. The summed E-state index contributed by atoms with van der Waals surface area (Å²) in [5, 5.41) is 7.22. The van der Waals surface area contributed by atoms with Crippen molar-refractivity contribution in [3.63, 3.8) is 0 Å². The Bertz CT molecular complexity index is 879. The molecular weight excluding hydrogens is 354 g/mol. The fraction of sp³-hybridized carbons (Fsp3) is 0.222. The fourth-order valence-corrected chi connectivity index (χ4v) is 2.46. The van der Waals surface area contributed by atoms with Gasteiger partial charge in [0, 0.05) is 12.7 Å². The summed E-state index contributed by atoms with van der Waals surface area (Å²) < 4.78 is 7.13. The first-order valence-corrected chi connectivity index (χ1v) is 8.45. The average Bonchev–Trinajstić information content (AvgIpc) is 3.16. The van der Waals surface area contributed by atoms with Crippen LogP contribution in [0.2, 0.25) is 5.02 Å². The number of benzene rings is 1. The molecule has 0 bridgehead atoms. The first-order chi connectivity index (χ1) is 12.5. The highest BCUT2D eigenvalue weighted by molar-refractivity contribution is 6.32. The van der Waals surface area contributed by atoms with E-state index in [1.54, 1.807) is 17.1 Å². The highest BCUT2D eigenvalue weighted by Gasteiger charge is 2.11. The van der Waals surface area contributed by atoms with E-state index in [2.05, 4.69) is 20.4 Å². The van der Waals surface area contributed by atoms with E-state index in [0.29, 0.717) is 23.0 Å². The van der Waals surface area contributed by atoms with Crippen molar-refractivity contribution in [2.24, 2.45) is 0 Å². The third kappa shape index (κ3) is 4.37. The van der Waals surface area contributed by atoms with Gasteiger partial charge in [0.25, 0.3) is 5.91 Å². The summed E-state index contributed by atoms with van der Waals surface area (Å²) in [6.45, 7) is 4.15. The van der Waals surface area contributed by atoms with Crippen LogP contribution < -0.4 is 10.1 Å². The Morgan fingerprint density at radius 3 is 2.69 bits per heavy atom. The van der Waals surface area contributed by atoms with Gasteiger partial charge >= 0.3 is 0 Å². The van der Waals surface area contributed by atoms with E-state index in [-0.39, 0.29) is 12.0 Å². The molecule has 26 heavy (non-hydrogen) atoms. The van der Waals surface area contributed by atoms with Crippen LogP contribution in [-0.4, -0.2) is 31.8 Å². The highest BCUT2D eigenvalue weighted by atomic mass is 35.5. The third-order valence-electron chi connectivity index (χ3n) is 3.49. The summed E-state index contributed by atoms with van der Waals surface area (Å²) in [4.78, 5) is 20.3. The summed E-state index contributed by atoms with van der Waals surface area (Å²) >= 11 is 6.12. The minimum Gasteiger partial charge on any atom is -0.474 e. The van der Waals surface area contributed by atoms with Gasteiger partial charge in [0.2, 0.25) is 5.88 Å². The summed E-state index contributed by atoms with van der Waals surface area (Å²) in [6.07, 6.45) is 4.51. The molecule has 0 aliphatic heterocycles. The lowest BCUT2D eigenvalue weighted by Gasteiger charge is -2.11. The standard InChI is InChI=1S/C18H18ClN5O2/c1-12(2)26-18-16(19)7-14(9-22-18)17(25)21-8-13-3-5-15(6-4-13)24-11-20-10-23-24/h3-7,9-12H,8H2,1-2H3,(H,21,25). The van der Waals surface area contributed by atoms with Crippen LogP contribution >= 0.6 is 11.6 Å². The van der Waals surface area contributed by atoms with E-state index in [9.17, 15) is 4.79 Å². The quantitative estimate of drug-likeness (QED) is 0.720. The molecule has 0 aliphatic carbocycles. The monoisotopic (exact) mass is 371 g/mol. The summed E-state index contributed by atoms with van der Waals surface area (Å²) in [6, 6.07) is 9.21. The Morgan fingerprint density at radius 1 is 1.31 bits per heavy atom. The van der Waals surface area contributed by atoms with Gasteiger partial charge in [-0.1, -0.05) is 23.7 Å². The molecule has 0 fully saturated rings. The van der Waals surface area contributed by atoms with Crippen LogP contribution in [0.15, 0.2) is 49.2 Å². The molecule has 0 saturated carbocycles. The molecule has 7 nitrogen and oxygen atoms in total. The van der Waals surface area contributed by atoms with Gasteiger partial charge in [0.15, 0.2) is 0 Å². The Labute approximate surface area is 156 Å². The number of ether oxygens (including phenoxy) is 1. The molecule has 1 N–H and O–H groups in total. The van der Waals surface area contributed by atoms with Gasteiger partial charge in [0.05, 0.1) is 17.4 Å². The van der Waals surface area contributed by atoms with Crippen LogP contribution in [0, 0.1) is 0 Å². The van der Waals surface area contributed by atoms with Crippen LogP contribution in [0.1, 0.15) is 29.8 Å². The van der Waals surface area contributed by atoms with Gasteiger partial charge < -0.3 is 10.1 Å². The zero-order chi connectivity index (χ0) is 18.5. The molecule has 0 spiro atoms. The maximum absolute atomic E-state index is 12.3. The van der Waals surface area contributed by atoms with Crippen molar-refractivity contribution in [1.29, 1.82) is 0 Å². The molecule has 134 valence electrons. The molecule has 0 atom stereocenters. The lowest BCUT2D eigenvalue weighted by Crippen LogP contribution is -2.23. The molecule has 3 rings (SSSR count). The summed E-state index contributed by atoms with van der Waals surface area (Å²) in [5.74, 6) is 0.0674. The van der Waals surface area contributed by atoms with E-state index in [0.717, 1.165) is 11.3 Å². The molecule has 0 unspecified atom stereocenters. The summed E-state index contributed by atoms with van der Waals surface area (Å²) in [5.41, 5.74) is 2.24. The SMILES string of the molecule is CC(C)Oc1ncc(C(=O)NCc2ccc(-n3cncn3)cc2)cc1Cl. The van der Waals surface area contributed by atoms with E-state index in [4.69, 9.17) is 16.3 Å². The molecule has 2 aromatic heterocycles. The number of amides is 1. The van der Waals surface area contributed by atoms with Gasteiger partial charge in [-0.3, -0.25) is 4.79 Å². The Morgan fingerprint density at radius 2 is 2.08 bits per heavy atom. The number of carbonyl (C=O) groups is 1. The summed E-state index contributed by atoms with van der Waals surface area (Å²) in [7, 11) is 0. The first-order valence-electron chi connectivity index (χ1n) is 8.07. The van der Waals surface area contributed by atoms with Gasteiger partial charge in [0.1, 0.15) is 17.7 Å². The number of hydrogen-bond donors (Lipinski definition) is 1. The Kier molecular flexibility index (Phi) is 5.48. The molecule has 8 heteroatoms. The lowest BCUT2D eigenvalue weighted by atomic mass is 10.2. The van der Waals surface area contributed by atoms with E-state index < -0.39 is 0 Å². The van der Waals surface area contributed by atoms with Crippen molar-refractivity contribution in [3.8, 4) is 11.6 Å². The smallest absolute Gasteiger partial charge is 0.253 e. The van der Waals surface area contributed by atoms with Gasteiger partial charge in [-0.15, -0.1) is 0 Å². The molecule has 0 radical (unpaired) electrons. The zero-order valence-electron chi connectivity index (χ0n) is 14.4. The van der Waals surface area contributed by atoms with E-state index in [1.807, 2.05) is 38.1 Å². The maximum atomic E-state index is 12.3. The average molecular weight is 372 g/mol. The number of pyridine rings is 1. The number of halogens is 1. The minimum atomic E-state index is -0.254. The highest BCUT2D eigenvalue weighted by Crippen LogP contribution is 2.23. The van der Waals surface area contributed by atoms with Crippen LogP contribution in [0.3, 0.4) is 0 Å². The molecule has 2 heterocycles. The predicted octanol–water partition coefficient (Wildman–Crippen LogP) is 3.03.